The quantitative estimate of drug-likeness (QED) is 0.266. The average molecular weight is 494 g/mol. The minimum absolute atomic E-state index is 0.425. The molecular weight excluding hydrogens is 481 g/mol. The molecule has 3 aromatic carbocycles. The van der Waals surface area contributed by atoms with Crippen LogP contribution < -0.4 is 4.74 Å². The molecule has 0 heterocycles. The first-order valence-electron chi connectivity index (χ1n) is 8.20. The fourth-order valence-electron chi connectivity index (χ4n) is 2.51. The van der Waals surface area contributed by atoms with Gasteiger partial charge in [-0.2, -0.15) is 5.26 Å². The highest BCUT2D eigenvalue weighted by Crippen LogP contribution is 2.31. The van der Waals surface area contributed by atoms with Crippen molar-refractivity contribution >= 4 is 62.4 Å². The zero-order valence-corrected chi connectivity index (χ0v) is 18.3. The number of benzene rings is 3. The molecule has 0 fully saturated rings. The van der Waals surface area contributed by atoms with Crippen LogP contribution in [-0.4, -0.2) is 0 Å². The second-order valence-electron chi connectivity index (χ2n) is 5.90. The number of allylic oxidation sites excluding steroid dienone is 1. The lowest BCUT2D eigenvalue weighted by atomic mass is 10.0. The molecule has 0 spiro atoms. The zero-order valence-electron chi connectivity index (χ0n) is 14.4. The third-order valence-corrected chi connectivity index (χ3v) is 5.34. The van der Waals surface area contributed by atoms with E-state index in [9.17, 15) is 5.26 Å². The Morgan fingerprint density at radius 1 is 0.964 bits per heavy atom. The lowest BCUT2D eigenvalue weighted by Crippen LogP contribution is -1.96. The molecule has 0 saturated heterocycles. The van der Waals surface area contributed by atoms with E-state index in [2.05, 4.69) is 22.0 Å². The summed E-state index contributed by atoms with van der Waals surface area (Å²) in [4.78, 5) is 0. The first kappa shape index (κ1) is 20.8. The van der Waals surface area contributed by atoms with Gasteiger partial charge in [0.25, 0.3) is 0 Å². The summed E-state index contributed by atoms with van der Waals surface area (Å²) in [5.41, 5.74) is 2.94. The molecule has 3 rings (SSSR count). The van der Waals surface area contributed by atoms with E-state index in [0.29, 0.717) is 38.6 Å². The van der Waals surface area contributed by atoms with Crippen molar-refractivity contribution in [2.75, 3.05) is 0 Å². The van der Waals surface area contributed by atoms with E-state index in [1.807, 2.05) is 42.5 Å². The van der Waals surface area contributed by atoms with Crippen LogP contribution in [-0.2, 0) is 6.61 Å². The Labute approximate surface area is 187 Å². The van der Waals surface area contributed by atoms with Gasteiger partial charge in [-0.3, -0.25) is 0 Å². The number of hydrogen-bond acceptors (Lipinski definition) is 2. The first-order chi connectivity index (χ1) is 13.5. The van der Waals surface area contributed by atoms with Gasteiger partial charge in [0.2, 0.25) is 0 Å². The number of halogens is 4. The van der Waals surface area contributed by atoms with Gasteiger partial charge in [0.1, 0.15) is 12.4 Å². The predicted molar refractivity (Wildman–Crippen MR) is 120 cm³/mol. The van der Waals surface area contributed by atoms with Gasteiger partial charge in [-0.1, -0.05) is 59.1 Å². The minimum atomic E-state index is 0.425. The predicted octanol–water partition coefficient (Wildman–Crippen LogP) is 8.05. The van der Waals surface area contributed by atoms with Gasteiger partial charge in [-0.25, -0.2) is 0 Å². The Morgan fingerprint density at radius 2 is 1.68 bits per heavy atom. The molecule has 0 N–H and O–H groups in total. The summed E-state index contributed by atoms with van der Waals surface area (Å²) in [6.45, 7) is 0.425. The van der Waals surface area contributed by atoms with Crippen LogP contribution in [0.5, 0.6) is 5.75 Å². The summed E-state index contributed by atoms with van der Waals surface area (Å²) in [6.07, 6.45) is 1.77. The maximum atomic E-state index is 9.53. The maximum absolute atomic E-state index is 9.53. The van der Waals surface area contributed by atoms with Gasteiger partial charge in [0.05, 0.1) is 21.1 Å². The molecule has 2 nitrogen and oxygen atoms in total. The van der Waals surface area contributed by atoms with Crippen LogP contribution in [0, 0.1) is 11.3 Å². The molecule has 0 unspecified atom stereocenters. The first-order valence-corrected chi connectivity index (χ1v) is 10.1. The van der Waals surface area contributed by atoms with Gasteiger partial charge in [-0.15, -0.1) is 0 Å². The molecule has 0 bridgehead atoms. The van der Waals surface area contributed by atoms with Crippen molar-refractivity contribution in [3.05, 3.63) is 96.9 Å². The fraction of sp³-hybridized carbons (Fsp3) is 0.0455. The number of hydrogen-bond donors (Lipinski definition) is 0. The Hall–Kier alpha value is -1.96. The summed E-state index contributed by atoms with van der Waals surface area (Å²) in [7, 11) is 0. The molecule has 0 aliphatic heterocycles. The van der Waals surface area contributed by atoms with Gasteiger partial charge >= 0.3 is 0 Å². The van der Waals surface area contributed by atoms with E-state index >= 15 is 0 Å². The summed E-state index contributed by atoms with van der Waals surface area (Å²) < 4.78 is 6.64. The molecule has 6 heteroatoms. The van der Waals surface area contributed by atoms with Crippen molar-refractivity contribution in [2.45, 2.75) is 6.61 Å². The lowest BCUT2D eigenvalue weighted by molar-refractivity contribution is 0.304. The number of ether oxygens (including phenoxy) is 1. The summed E-state index contributed by atoms with van der Waals surface area (Å²) in [5, 5.41) is 11.2. The maximum Gasteiger partial charge on any atom is 0.134 e. The number of nitrogens with zero attached hydrogens (tertiary/aromatic N) is 1. The molecule has 0 radical (unpaired) electrons. The topological polar surface area (TPSA) is 33.0 Å². The minimum Gasteiger partial charge on any atom is -0.488 e. The molecule has 0 atom stereocenters. The van der Waals surface area contributed by atoms with Crippen molar-refractivity contribution in [1.29, 1.82) is 5.26 Å². The van der Waals surface area contributed by atoms with Crippen molar-refractivity contribution in [3.63, 3.8) is 0 Å². The third-order valence-electron chi connectivity index (χ3n) is 3.92. The molecule has 0 aromatic heterocycles. The molecule has 0 aliphatic carbocycles. The van der Waals surface area contributed by atoms with Gasteiger partial charge in [-0.05, 0) is 69.5 Å². The molecule has 0 amide bonds. The van der Waals surface area contributed by atoms with Crippen LogP contribution in [0.25, 0.3) is 11.6 Å². The van der Waals surface area contributed by atoms with Crippen LogP contribution in [0.4, 0.5) is 0 Å². The van der Waals surface area contributed by atoms with Crippen LogP contribution in [0.1, 0.15) is 16.7 Å². The van der Waals surface area contributed by atoms with E-state index in [4.69, 9.17) is 39.5 Å². The SMILES string of the molecule is N#C/C(=C\c1ccc(OCc2ccc(Cl)cc2)c(Br)c1)c1ccc(Cl)cc1Cl. The van der Waals surface area contributed by atoms with Crippen molar-refractivity contribution < 1.29 is 4.74 Å². The normalized spacial score (nSPS) is 11.2. The number of rotatable bonds is 5. The fourth-order valence-corrected chi connectivity index (χ4v) is 3.66. The molecular formula is C22H13BrCl3NO. The summed E-state index contributed by atoms with van der Waals surface area (Å²) in [6, 6.07) is 20.4. The Morgan fingerprint density at radius 3 is 2.32 bits per heavy atom. The molecule has 28 heavy (non-hydrogen) atoms. The molecule has 0 aliphatic rings. The van der Waals surface area contributed by atoms with Gasteiger partial charge < -0.3 is 4.74 Å². The lowest BCUT2D eigenvalue weighted by Gasteiger charge is -2.09. The molecule has 140 valence electrons. The highest BCUT2D eigenvalue weighted by atomic mass is 79.9. The smallest absolute Gasteiger partial charge is 0.134 e. The second kappa shape index (κ2) is 9.49. The Kier molecular flexibility index (Phi) is 7.04. The summed E-state index contributed by atoms with van der Waals surface area (Å²) >= 11 is 21.6. The highest BCUT2D eigenvalue weighted by Gasteiger charge is 2.09. The van der Waals surface area contributed by atoms with Crippen molar-refractivity contribution in [3.8, 4) is 11.8 Å². The Bertz CT molecular complexity index is 1070. The number of nitriles is 1. The van der Waals surface area contributed by atoms with Crippen LogP contribution in [0.15, 0.2) is 65.1 Å². The zero-order chi connectivity index (χ0) is 20.1. The van der Waals surface area contributed by atoms with E-state index in [1.165, 1.54) is 0 Å². The van der Waals surface area contributed by atoms with Crippen LogP contribution in [0.2, 0.25) is 15.1 Å². The largest absolute Gasteiger partial charge is 0.488 e. The van der Waals surface area contributed by atoms with Crippen LogP contribution in [0.3, 0.4) is 0 Å². The van der Waals surface area contributed by atoms with Crippen LogP contribution >= 0.6 is 50.7 Å². The molecule has 0 saturated carbocycles. The van der Waals surface area contributed by atoms with Crippen molar-refractivity contribution in [1.82, 2.24) is 0 Å². The van der Waals surface area contributed by atoms with E-state index < -0.39 is 0 Å². The molecule has 3 aromatic rings. The highest BCUT2D eigenvalue weighted by molar-refractivity contribution is 9.10. The summed E-state index contributed by atoms with van der Waals surface area (Å²) in [5.74, 6) is 0.704. The van der Waals surface area contributed by atoms with Crippen molar-refractivity contribution in [2.24, 2.45) is 0 Å². The van der Waals surface area contributed by atoms with E-state index in [1.54, 1.807) is 24.3 Å². The van der Waals surface area contributed by atoms with E-state index in [-0.39, 0.29) is 0 Å². The second-order valence-corrected chi connectivity index (χ2v) is 8.03. The monoisotopic (exact) mass is 491 g/mol. The van der Waals surface area contributed by atoms with Gasteiger partial charge in [0.15, 0.2) is 0 Å². The third kappa shape index (κ3) is 5.31. The van der Waals surface area contributed by atoms with E-state index in [0.717, 1.165) is 15.6 Å². The standard InChI is InChI=1S/C22H13BrCl3NO/c23-20-10-15(9-16(12-27)19-7-6-18(25)11-21(19)26)3-8-22(20)28-13-14-1-4-17(24)5-2-14/h1-11H,13H2/b16-9+. The van der Waals surface area contributed by atoms with Gasteiger partial charge in [0, 0.05) is 15.6 Å². The Balaban J connectivity index is 1.79. The average Bonchev–Trinajstić information content (AvgIpc) is 2.67.